The number of hydrogen-bond acceptors (Lipinski definition) is 2. The Balaban J connectivity index is 2.22. The lowest BCUT2D eigenvalue weighted by Crippen LogP contribution is -2.03. The summed E-state index contributed by atoms with van der Waals surface area (Å²) in [5.74, 6) is 1.23. The predicted octanol–water partition coefficient (Wildman–Crippen LogP) is 4.84. The van der Waals surface area contributed by atoms with Gasteiger partial charge in [-0.05, 0) is 65.5 Å². The van der Waals surface area contributed by atoms with Crippen molar-refractivity contribution in [2.75, 3.05) is 11.5 Å². The van der Waals surface area contributed by atoms with Crippen LogP contribution in [0.25, 0.3) is 0 Å². The molecular weight excluding hydrogens is 280 g/mol. The van der Waals surface area contributed by atoms with Crippen LogP contribution in [-0.2, 0) is 19.3 Å². The standard InChI is InChI=1S/C21H30N2/c1-14(2)9-18-12-16(5-7-20(18)22)11-17-6-8-21(23)19(13-17)10-15(3)4/h5-8,12-15H,9-11,22-23H2,1-4H3. The summed E-state index contributed by atoms with van der Waals surface area (Å²) in [6, 6.07) is 12.9. The van der Waals surface area contributed by atoms with E-state index in [1.54, 1.807) is 0 Å². The molecule has 23 heavy (non-hydrogen) atoms. The number of nitrogens with two attached hydrogens (primary N) is 2. The van der Waals surface area contributed by atoms with Gasteiger partial charge in [0.1, 0.15) is 0 Å². The minimum Gasteiger partial charge on any atom is -0.399 e. The molecule has 124 valence electrons. The highest BCUT2D eigenvalue weighted by Gasteiger charge is 2.07. The number of nitrogen functional groups attached to an aromatic ring is 2. The second-order valence-electron chi connectivity index (χ2n) is 7.44. The van der Waals surface area contributed by atoms with E-state index in [4.69, 9.17) is 11.5 Å². The highest BCUT2D eigenvalue weighted by molar-refractivity contribution is 5.52. The van der Waals surface area contributed by atoms with Crippen molar-refractivity contribution in [1.29, 1.82) is 0 Å². The summed E-state index contributed by atoms with van der Waals surface area (Å²) in [5.41, 5.74) is 19.2. The topological polar surface area (TPSA) is 52.0 Å². The van der Waals surface area contributed by atoms with Crippen molar-refractivity contribution < 1.29 is 0 Å². The van der Waals surface area contributed by atoms with Crippen LogP contribution in [0, 0.1) is 11.8 Å². The fourth-order valence-electron chi connectivity index (χ4n) is 3.01. The van der Waals surface area contributed by atoms with Gasteiger partial charge in [-0.25, -0.2) is 0 Å². The second-order valence-corrected chi connectivity index (χ2v) is 7.44. The van der Waals surface area contributed by atoms with Crippen molar-refractivity contribution in [3.05, 3.63) is 58.7 Å². The Bertz CT molecular complexity index is 599. The number of hydrogen-bond donors (Lipinski definition) is 2. The van der Waals surface area contributed by atoms with Crippen LogP contribution in [0.2, 0.25) is 0 Å². The molecule has 0 amide bonds. The first-order valence-electron chi connectivity index (χ1n) is 8.59. The van der Waals surface area contributed by atoms with Gasteiger partial charge in [-0.15, -0.1) is 0 Å². The molecule has 0 aromatic heterocycles. The van der Waals surface area contributed by atoms with Crippen LogP contribution in [-0.4, -0.2) is 0 Å². The highest BCUT2D eigenvalue weighted by atomic mass is 14.6. The fourth-order valence-corrected chi connectivity index (χ4v) is 3.01. The first-order chi connectivity index (χ1) is 10.8. The van der Waals surface area contributed by atoms with Gasteiger partial charge in [-0.2, -0.15) is 0 Å². The van der Waals surface area contributed by atoms with Crippen LogP contribution in [0.1, 0.15) is 49.9 Å². The maximum atomic E-state index is 6.11. The van der Waals surface area contributed by atoms with Gasteiger partial charge in [0.15, 0.2) is 0 Å². The van der Waals surface area contributed by atoms with Crippen molar-refractivity contribution in [2.45, 2.75) is 47.0 Å². The van der Waals surface area contributed by atoms with Crippen molar-refractivity contribution in [2.24, 2.45) is 11.8 Å². The van der Waals surface area contributed by atoms with Crippen LogP contribution < -0.4 is 11.5 Å². The Morgan fingerprint density at radius 3 is 1.43 bits per heavy atom. The summed E-state index contributed by atoms with van der Waals surface area (Å²) in [6.07, 6.45) is 2.98. The van der Waals surface area contributed by atoms with Crippen LogP contribution in [0.4, 0.5) is 11.4 Å². The predicted molar refractivity (Wildman–Crippen MR) is 102 cm³/mol. The number of rotatable bonds is 6. The van der Waals surface area contributed by atoms with Crippen LogP contribution in [0.3, 0.4) is 0 Å². The first kappa shape index (κ1) is 17.4. The number of anilines is 2. The van der Waals surface area contributed by atoms with Gasteiger partial charge in [-0.1, -0.05) is 52.0 Å². The molecule has 0 heterocycles. The minimum atomic E-state index is 0.613. The molecule has 4 N–H and O–H groups in total. The maximum absolute atomic E-state index is 6.11. The zero-order valence-corrected chi connectivity index (χ0v) is 14.9. The number of benzene rings is 2. The smallest absolute Gasteiger partial charge is 0.0346 e. The summed E-state index contributed by atoms with van der Waals surface area (Å²) in [4.78, 5) is 0. The molecule has 0 saturated carbocycles. The van der Waals surface area contributed by atoms with Gasteiger partial charge < -0.3 is 11.5 Å². The monoisotopic (exact) mass is 310 g/mol. The van der Waals surface area contributed by atoms with E-state index in [2.05, 4.69) is 52.0 Å². The third-order valence-corrected chi connectivity index (χ3v) is 4.08. The van der Waals surface area contributed by atoms with Crippen molar-refractivity contribution in [3.8, 4) is 0 Å². The molecule has 0 aliphatic heterocycles. The molecule has 0 spiro atoms. The fraction of sp³-hybridized carbons (Fsp3) is 0.429. The molecule has 0 aliphatic rings. The molecule has 2 rings (SSSR count). The van der Waals surface area contributed by atoms with Gasteiger partial charge in [0.05, 0.1) is 0 Å². The summed E-state index contributed by atoms with van der Waals surface area (Å²) < 4.78 is 0. The summed E-state index contributed by atoms with van der Waals surface area (Å²) in [6.45, 7) is 8.91. The van der Waals surface area contributed by atoms with Gasteiger partial charge in [-0.3, -0.25) is 0 Å². The largest absolute Gasteiger partial charge is 0.399 e. The van der Waals surface area contributed by atoms with Crippen LogP contribution in [0.5, 0.6) is 0 Å². The third-order valence-electron chi connectivity index (χ3n) is 4.08. The average molecular weight is 310 g/mol. The maximum Gasteiger partial charge on any atom is 0.0346 e. The summed E-state index contributed by atoms with van der Waals surface area (Å²) >= 11 is 0. The van der Waals surface area contributed by atoms with E-state index < -0.39 is 0 Å². The summed E-state index contributed by atoms with van der Waals surface area (Å²) in [7, 11) is 0. The Labute approximate surface area is 140 Å². The lowest BCUT2D eigenvalue weighted by atomic mass is 9.94. The molecule has 2 aromatic rings. The van der Waals surface area contributed by atoms with E-state index in [0.29, 0.717) is 11.8 Å². The van der Waals surface area contributed by atoms with E-state index in [9.17, 15) is 0 Å². The zero-order chi connectivity index (χ0) is 17.0. The third kappa shape index (κ3) is 5.02. The van der Waals surface area contributed by atoms with Crippen molar-refractivity contribution in [3.63, 3.8) is 0 Å². The quantitative estimate of drug-likeness (QED) is 0.750. The molecule has 0 aliphatic carbocycles. The Hall–Kier alpha value is -1.96. The molecule has 0 atom stereocenters. The van der Waals surface area contributed by atoms with Gasteiger partial charge >= 0.3 is 0 Å². The van der Waals surface area contributed by atoms with E-state index in [1.165, 1.54) is 22.3 Å². The molecule has 0 fully saturated rings. The molecular formula is C21H30N2. The molecule has 0 saturated heterocycles. The van der Waals surface area contributed by atoms with Crippen LogP contribution in [0.15, 0.2) is 36.4 Å². The van der Waals surface area contributed by atoms with E-state index in [1.807, 2.05) is 12.1 Å². The molecule has 2 nitrogen and oxygen atoms in total. The van der Waals surface area contributed by atoms with Gasteiger partial charge in [0.25, 0.3) is 0 Å². The zero-order valence-electron chi connectivity index (χ0n) is 14.9. The van der Waals surface area contributed by atoms with E-state index in [0.717, 1.165) is 30.6 Å². The SMILES string of the molecule is CC(C)Cc1cc(Cc2ccc(N)c(CC(C)C)c2)ccc1N. The molecule has 2 aromatic carbocycles. The van der Waals surface area contributed by atoms with E-state index >= 15 is 0 Å². The molecule has 0 bridgehead atoms. The second kappa shape index (κ2) is 7.54. The summed E-state index contributed by atoms with van der Waals surface area (Å²) in [5, 5.41) is 0. The van der Waals surface area contributed by atoms with Gasteiger partial charge in [0, 0.05) is 11.4 Å². The average Bonchev–Trinajstić information content (AvgIpc) is 2.45. The Morgan fingerprint density at radius 2 is 1.09 bits per heavy atom. The van der Waals surface area contributed by atoms with Gasteiger partial charge in [0.2, 0.25) is 0 Å². The molecule has 0 unspecified atom stereocenters. The lowest BCUT2D eigenvalue weighted by molar-refractivity contribution is 0.647. The highest BCUT2D eigenvalue weighted by Crippen LogP contribution is 2.23. The minimum absolute atomic E-state index is 0.613. The Morgan fingerprint density at radius 1 is 0.696 bits per heavy atom. The molecule has 2 heteroatoms. The van der Waals surface area contributed by atoms with Crippen molar-refractivity contribution >= 4 is 11.4 Å². The normalized spacial score (nSPS) is 11.4. The molecule has 0 radical (unpaired) electrons. The van der Waals surface area contributed by atoms with E-state index in [-0.39, 0.29) is 0 Å². The lowest BCUT2D eigenvalue weighted by Gasteiger charge is -2.13. The first-order valence-corrected chi connectivity index (χ1v) is 8.59. The van der Waals surface area contributed by atoms with Crippen molar-refractivity contribution in [1.82, 2.24) is 0 Å². The Kier molecular flexibility index (Phi) is 5.70. The van der Waals surface area contributed by atoms with Crippen LogP contribution >= 0.6 is 0 Å².